The zero-order valence-electron chi connectivity index (χ0n) is 18.1. The predicted molar refractivity (Wildman–Crippen MR) is 122 cm³/mol. The minimum Gasteiger partial charge on any atom is -0.495 e. The fraction of sp³-hybridized carbons (Fsp3) is 0.400. The third kappa shape index (κ3) is 6.91. The molecule has 0 aliphatic rings. The monoisotopic (exact) mass is 471 g/mol. The van der Waals surface area contributed by atoms with Crippen molar-refractivity contribution < 1.29 is 27.1 Å². The molecule has 0 fully saturated rings. The molecule has 0 aromatic heterocycles. The highest BCUT2D eigenvalue weighted by molar-refractivity contribution is 7.94. The molecule has 5 N–H and O–H groups in total. The molecule has 0 radical (unpaired) electrons. The highest BCUT2D eigenvalue weighted by atomic mass is 32.2. The van der Waals surface area contributed by atoms with Crippen LogP contribution in [0.1, 0.15) is 11.1 Å². The van der Waals surface area contributed by atoms with E-state index in [0.717, 1.165) is 22.5 Å². The van der Waals surface area contributed by atoms with Gasteiger partial charge in [0.1, 0.15) is 11.5 Å². The van der Waals surface area contributed by atoms with Crippen molar-refractivity contribution in [1.29, 1.82) is 0 Å². The molecule has 0 saturated carbocycles. The lowest BCUT2D eigenvalue weighted by atomic mass is 10.2. The molecular formula is C20H29N3O6S2. The summed E-state index contributed by atoms with van der Waals surface area (Å²) in [6.07, 6.45) is 0. The maximum atomic E-state index is 12.6. The van der Waals surface area contributed by atoms with E-state index in [9.17, 15) is 8.42 Å². The van der Waals surface area contributed by atoms with Gasteiger partial charge in [-0.3, -0.25) is 0 Å². The summed E-state index contributed by atoms with van der Waals surface area (Å²) in [5.74, 6) is 0.837. The Hall–Kier alpha value is -2.18. The van der Waals surface area contributed by atoms with Crippen molar-refractivity contribution in [1.82, 2.24) is 5.32 Å². The van der Waals surface area contributed by atoms with Crippen molar-refractivity contribution in [3.05, 3.63) is 35.4 Å². The number of anilines is 2. The second-order valence-corrected chi connectivity index (χ2v) is 9.58. The number of methoxy groups -OCH3 is 2. The number of hydrogen-bond donors (Lipinski definition) is 3. The largest absolute Gasteiger partial charge is 0.495 e. The Morgan fingerprint density at radius 3 is 2.19 bits per heavy atom. The molecule has 9 nitrogen and oxygen atoms in total. The van der Waals surface area contributed by atoms with E-state index in [4.69, 9.17) is 30.2 Å². The van der Waals surface area contributed by atoms with Crippen LogP contribution < -0.4 is 26.3 Å². The summed E-state index contributed by atoms with van der Waals surface area (Å²) in [5, 5.41) is 3.02. The SMILES string of the molecule is COc1cc(SOOCCNCCS(=O)(=O)c2cc(OC)c(N)cc2C)c(C)cc1N. The van der Waals surface area contributed by atoms with E-state index in [1.54, 1.807) is 32.2 Å². The molecule has 0 saturated heterocycles. The van der Waals surface area contributed by atoms with Crippen LogP contribution in [0.5, 0.6) is 11.5 Å². The summed E-state index contributed by atoms with van der Waals surface area (Å²) < 4.78 is 40.7. The van der Waals surface area contributed by atoms with Gasteiger partial charge in [-0.25, -0.2) is 13.3 Å². The van der Waals surface area contributed by atoms with E-state index < -0.39 is 9.84 Å². The molecule has 0 bridgehead atoms. The number of nitrogens with two attached hydrogens (primary N) is 2. The molecule has 0 atom stereocenters. The van der Waals surface area contributed by atoms with Gasteiger partial charge in [-0.05, 0) is 43.2 Å². The van der Waals surface area contributed by atoms with E-state index in [2.05, 4.69) is 5.32 Å². The van der Waals surface area contributed by atoms with Crippen LogP contribution >= 0.6 is 12.0 Å². The average molecular weight is 472 g/mol. The summed E-state index contributed by atoms with van der Waals surface area (Å²) in [6.45, 7) is 4.54. The van der Waals surface area contributed by atoms with Crippen molar-refractivity contribution in [2.45, 2.75) is 23.6 Å². The van der Waals surface area contributed by atoms with Crippen LogP contribution in [0.4, 0.5) is 11.4 Å². The maximum Gasteiger partial charge on any atom is 0.180 e. The van der Waals surface area contributed by atoms with Crippen LogP contribution in [0, 0.1) is 13.8 Å². The lowest BCUT2D eigenvalue weighted by molar-refractivity contribution is -0.188. The van der Waals surface area contributed by atoms with Crippen LogP contribution in [-0.4, -0.2) is 48.1 Å². The number of aryl methyl sites for hydroxylation is 2. The first-order valence-corrected chi connectivity index (χ1v) is 11.9. The van der Waals surface area contributed by atoms with Gasteiger partial charge in [0.2, 0.25) is 0 Å². The first-order valence-electron chi connectivity index (χ1n) is 9.47. The first-order chi connectivity index (χ1) is 14.7. The first kappa shape index (κ1) is 25.1. The van der Waals surface area contributed by atoms with Gasteiger partial charge in [-0.15, -0.1) is 0 Å². The molecule has 172 valence electrons. The summed E-state index contributed by atoms with van der Waals surface area (Å²) in [5.41, 5.74) is 14.1. The summed E-state index contributed by atoms with van der Waals surface area (Å²) in [6, 6.07) is 6.63. The highest BCUT2D eigenvalue weighted by Gasteiger charge is 2.19. The van der Waals surface area contributed by atoms with Gasteiger partial charge in [0.05, 0.1) is 54.9 Å². The minimum atomic E-state index is -3.49. The Morgan fingerprint density at radius 2 is 1.55 bits per heavy atom. The Bertz CT molecular complexity index is 999. The number of nitrogen functional groups attached to an aromatic ring is 2. The highest BCUT2D eigenvalue weighted by Crippen LogP contribution is 2.32. The molecule has 2 aromatic rings. The standard InChI is InChI=1S/C20H29N3O6S2/c1-13-9-15(21)17(26-3)11-19(13)30-29-28-7-5-23-6-8-31(24,25)20-12-18(27-4)16(22)10-14(20)2/h9-12,23H,5-8,21-22H2,1-4H3. The quantitative estimate of drug-likeness (QED) is 0.139. The van der Waals surface area contributed by atoms with Crippen LogP contribution in [-0.2, 0) is 19.1 Å². The van der Waals surface area contributed by atoms with E-state index in [1.807, 2.05) is 6.92 Å². The number of rotatable bonds is 12. The molecule has 2 rings (SSSR count). The Labute approximate surface area is 187 Å². The number of hydrogen-bond acceptors (Lipinski definition) is 10. The van der Waals surface area contributed by atoms with E-state index >= 15 is 0 Å². The van der Waals surface area contributed by atoms with Crippen molar-refractivity contribution in [3.63, 3.8) is 0 Å². The molecule has 11 heteroatoms. The van der Waals surface area contributed by atoms with Crippen molar-refractivity contribution in [3.8, 4) is 11.5 Å². The van der Waals surface area contributed by atoms with Gasteiger partial charge >= 0.3 is 0 Å². The zero-order chi connectivity index (χ0) is 23.0. The fourth-order valence-corrected chi connectivity index (χ4v) is 4.82. The lowest BCUT2D eigenvalue weighted by Crippen LogP contribution is -2.26. The van der Waals surface area contributed by atoms with Gasteiger partial charge < -0.3 is 26.3 Å². The van der Waals surface area contributed by atoms with Gasteiger partial charge in [-0.1, -0.05) is 0 Å². The second-order valence-electron chi connectivity index (χ2n) is 6.76. The fourth-order valence-electron chi connectivity index (χ4n) is 2.81. The molecular weight excluding hydrogens is 442 g/mol. The third-order valence-corrected chi connectivity index (χ3v) is 7.11. The molecule has 0 unspecified atom stereocenters. The number of ether oxygens (including phenoxy) is 2. The smallest absolute Gasteiger partial charge is 0.180 e. The van der Waals surface area contributed by atoms with Crippen LogP contribution in [0.3, 0.4) is 0 Å². The number of sulfone groups is 1. The van der Waals surface area contributed by atoms with Crippen molar-refractivity contribution in [2.24, 2.45) is 0 Å². The zero-order valence-corrected chi connectivity index (χ0v) is 19.7. The van der Waals surface area contributed by atoms with Crippen LogP contribution in [0.15, 0.2) is 34.1 Å². The predicted octanol–water partition coefficient (Wildman–Crippen LogP) is 2.50. The molecule has 0 spiro atoms. The van der Waals surface area contributed by atoms with Crippen LogP contribution in [0.25, 0.3) is 0 Å². The minimum absolute atomic E-state index is 0.0685. The van der Waals surface area contributed by atoms with E-state index in [0.29, 0.717) is 35.0 Å². The average Bonchev–Trinajstić information content (AvgIpc) is 2.71. The van der Waals surface area contributed by atoms with Crippen molar-refractivity contribution >= 4 is 33.3 Å². The van der Waals surface area contributed by atoms with Crippen LogP contribution in [0.2, 0.25) is 0 Å². The molecule has 0 amide bonds. The van der Waals surface area contributed by atoms with E-state index in [-0.39, 0.29) is 23.8 Å². The van der Waals surface area contributed by atoms with Gasteiger partial charge in [-0.2, -0.15) is 4.33 Å². The number of benzene rings is 2. The summed E-state index contributed by atoms with van der Waals surface area (Å²) in [7, 11) is -0.491. The second kappa shape index (κ2) is 11.4. The Balaban J connectivity index is 1.73. The Kier molecular flexibility index (Phi) is 9.26. The topological polar surface area (TPSA) is 135 Å². The molecule has 0 aliphatic heterocycles. The normalized spacial score (nSPS) is 11.5. The molecule has 0 aliphatic carbocycles. The molecule has 0 heterocycles. The number of nitrogens with one attached hydrogen (secondary N) is 1. The maximum absolute atomic E-state index is 12.6. The lowest BCUT2D eigenvalue weighted by Gasteiger charge is -2.12. The molecule has 31 heavy (non-hydrogen) atoms. The van der Waals surface area contributed by atoms with E-state index in [1.165, 1.54) is 13.2 Å². The van der Waals surface area contributed by atoms with Gasteiger partial charge in [0.25, 0.3) is 0 Å². The third-order valence-electron chi connectivity index (χ3n) is 4.47. The van der Waals surface area contributed by atoms with Crippen molar-refractivity contribution in [2.75, 3.05) is 51.1 Å². The Morgan fingerprint density at radius 1 is 0.935 bits per heavy atom. The van der Waals surface area contributed by atoms with Gasteiger partial charge in [0, 0.05) is 24.1 Å². The van der Waals surface area contributed by atoms with Gasteiger partial charge in [0.15, 0.2) is 9.84 Å². The molecule has 2 aromatic carbocycles. The summed E-state index contributed by atoms with van der Waals surface area (Å²) in [4.78, 5) is 6.16. The summed E-state index contributed by atoms with van der Waals surface area (Å²) >= 11 is 1.05.